The van der Waals surface area contributed by atoms with Gasteiger partial charge < -0.3 is 23.4 Å². The van der Waals surface area contributed by atoms with Crippen LogP contribution in [0.5, 0.6) is 0 Å². The van der Waals surface area contributed by atoms with Crippen LogP contribution in [-0.4, -0.2) is 0 Å². The molecule has 0 saturated carbocycles. The molecule has 0 spiro atoms. The third-order valence-electron chi connectivity index (χ3n) is 2.03. The average molecular weight is 208 g/mol. The van der Waals surface area contributed by atoms with Gasteiger partial charge >= 0.3 is 0 Å². The highest BCUT2D eigenvalue weighted by atomic mass is 16.7. The molecule has 0 aromatic carbocycles. The van der Waals surface area contributed by atoms with Crippen molar-refractivity contribution in [3.63, 3.8) is 0 Å². The lowest BCUT2D eigenvalue weighted by Crippen LogP contribution is -1.97. The van der Waals surface area contributed by atoms with Gasteiger partial charge in [0, 0.05) is 0 Å². The lowest BCUT2D eigenvalue weighted by molar-refractivity contribution is -0.0586. The molecule has 5 heteroatoms. The van der Waals surface area contributed by atoms with Gasteiger partial charge in [-0.15, -0.1) is 0 Å². The van der Waals surface area contributed by atoms with Crippen molar-refractivity contribution in [2.75, 3.05) is 0 Å². The van der Waals surface area contributed by atoms with Gasteiger partial charge in [0.15, 0.2) is 11.5 Å². The Morgan fingerprint density at radius 3 is 1.47 bits per heavy atom. The van der Waals surface area contributed by atoms with Gasteiger partial charge in [0.2, 0.25) is 0 Å². The molecule has 0 bridgehead atoms. The van der Waals surface area contributed by atoms with Crippen molar-refractivity contribution < 1.29 is 23.4 Å². The van der Waals surface area contributed by atoms with E-state index in [1.807, 2.05) is 0 Å². The summed E-state index contributed by atoms with van der Waals surface area (Å²) in [5.74, 6) is 1.16. The fourth-order valence-electron chi connectivity index (χ4n) is 1.37. The first-order valence-corrected chi connectivity index (χ1v) is 4.45. The molecule has 5 nitrogen and oxygen atoms in total. The smallest absolute Gasteiger partial charge is 0.299 e. The van der Waals surface area contributed by atoms with Gasteiger partial charge in [-0.3, -0.25) is 0 Å². The third kappa shape index (κ3) is 1.41. The first kappa shape index (κ1) is 8.28. The second-order valence-electron chi connectivity index (χ2n) is 2.99. The van der Waals surface area contributed by atoms with Crippen molar-refractivity contribution in [1.82, 2.24) is 0 Å². The molecule has 0 radical (unpaired) electrons. The highest BCUT2D eigenvalue weighted by molar-refractivity contribution is 5.11. The SMILES string of the molecule is C1=COC(c2ccc(C3OC=CO3)o2)O1. The normalized spacial score (nSPS) is 19.7. The summed E-state index contributed by atoms with van der Waals surface area (Å²) in [5, 5.41) is 0. The molecule has 0 saturated heterocycles. The minimum atomic E-state index is -0.506. The average Bonchev–Trinajstić information content (AvgIpc) is 3.02. The van der Waals surface area contributed by atoms with E-state index in [9.17, 15) is 0 Å². The van der Waals surface area contributed by atoms with E-state index < -0.39 is 12.6 Å². The van der Waals surface area contributed by atoms with Gasteiger partial charge in [-0.25, -0.2) is 0 Å². The first-order chi connectivity index (χ1) is 7.43. The van der Waals surface area contributed by atoms with Gasteiger partial charge in [0.1, 0.15) is 25.0 Å². The Morgan fingerprint density at radius 1 is 0.667 bits per heavy atom. The molecule has 1 aromatic heterocycles. The van der Waals surface area contributed by atoms with Gasteiger partial charge in [-0.2, -0.15) is 0 Å². The summed E-state index contributed by atoms with van der Waals surface area (Å²) in [6.45, 7) is 0. The number of furan rings is 1. The van der Waals surface area contributed by atoms with Crippen LogP contribution in [0, 0.1) is 0 Å². The van der Waals surface area contributed by atoms with Crippen molar-refractivity contribution >= 4 is 0 Å². The molecule has 0 N–H and O–H groups in total. The quantitative estimate of drug-likeness (QED) is 0.746. The molecule has 0 unspecified atom stereocenters. The standard InChI is InChI=1S/C10H8O5/c1-2-8(10-13-5-6-14-10)15-7(1)9-11-3-4-12-9/h1-6,9-10H. The van der Waals surface area contributed by atoms with Crippen molar-refractivity contribution in [1.29, 1.82) is 0 Å². The van der Waals surface area contributed by atoms with Gasteiger partial charge in [-0.05, 0) is 12.1 Å². The lowest BCUT2D eigenvalue weighted by atomic mass is 10.4. The molecule has 3 heterocycles. The molecule has 2 aliphatic heterocycles. The predicted molar refractivity (Wildman–Crippen MR) is 46.8 cm³/mol. The van der Waals surface area contributed by atoms with E-state index in [0.717, 1.165) is 0 Å². The fraction of sp³-hybridized carbons (Fsp3) is 0.200. The summed E-state index contributed by atoms with van der Waals surface area (Å²) in [6, 6.07) is 3.52. The summed E-state index contributed by atoms with van der Waals surface area (Å²) < 4.78 is 26.0. The fourth-order valence-corrected chi connectivity index (χ4v) is 1.37. The van der Waals surface area contributed by atoms with E-state index in [0.29, 0.717) is 11.5 Å². The molecular weight excluding hydrogens is 200 g/mol. The number of ether oxygens (including phenoxy) is 4. The molecule has 0 amide bonds. The monoisotopic (exact) mass is 208 g/mol. The Balaban J connectivity index is 1.75. The number of hydrogen-bond donors (Lipinski definition) is 0. The Bertz CT molecular complexity index is 353. The lowest BCUT2D eigenvalue weighted by Gasteiger charge is -2.08. The zero-order chi connectivity index (χ0) is 10.1. The van der Waals surface area contributed by atoms with E-state index in [-0.39, 0.29) is 0 Å². The summed E-state index contributed by atoms with van der Waals surface area (Å²) in [6.07, 6.45) is 4.86. The topological polar surface area (TPSA) is 50.1 Å². The first-order valence-electron chi connectivity index (χ1n) is 4.45. The van der Waals surface area contributed by atoms with E-state index in [2.05, 4.69) is 0 Å². The summed E-state index contributed by atoms with van der Waals surface area (Å²) in [7, 11) is 0. The van der Waals surface area contributed by atoms with Crippen LogP contribution >= 0.6 is 0 Å². The van der Waals surface area contributed by atoms with Crippen LogP contribution in [0.3, 0.4) is 0 Å². The van der Waals surface area contributed by atoms with Gasteiger partial charge in [0.05, 0.1) is 0 Å². The zero-order valence-corrected chi connectivity index (χ0v) is 7.66. The van der Waals surface area contributed by atoms with Crippen LogP contribution in [0.25, 0.3) is 0 Å². The van der Waals surface area contributed by atoms with E-state index in [1.54, 1.807) is 12.1 Å². The van der Waals surface area contributed by atoms with E-state index in [4.69, 9.17) is 23.4 Å². The van der Waals surface area contributed by atoms with E-state index in [1.165, 1.54) is 25.0 Å². The van der Waals surface area contributed by atoms with Crippen molar-refractivity contribution in [2.24, 2.45) is 0 Å². The molecule has 1 aromatic rings. The summed E-state index contributed by atoms with van der Waals surface area (Å²) in [5.41, 5.74) is 0. The maximum absolute atomic E-state index is 5.47. The summed E-state index contributed by atoms with van der Waals surface area (Å²) >= 11 is 0. The zero-order valence-electron chi connectivity index (χ0n) is 7.66. The predicted octanol–water partition coefficient (Wildman–Crippen LogP) is 2.31. The Hall–Kier alpha value is -2.04. The van der Waals surface area contributed by atoms with Gasteiger partial charge in [-0.1, -0.05) is 0 Å². The van der Waals surface area contributed by atoms with Crippen molar-refractivity contribution in [3.8, 4) is 0 Å². The van der Waals surface area contributed by atoms with Crippen LogP contribution in [0.15, 0.2) is 41.6 Å². The van der Waals surface area contributed by atoms with Crippen LogP contribution in [0.4, 0.5) is 0 Å². The van der Waals surface area contributed by atoms with E-state index >= 15 is 0 Å². The third-order valence-corrected chi connectivity index (χ3v) is 2.03. The molecule has 15 heavy (non-hydrogen) atoms. The second kappa shape index (κ2) is 3.27. The minimum Gasteiger partial charge on any atom is -0.452 e. The molecule has 2 aliphatic rings. The van der Waals surface area contributed by atoms with Crippen LogP contribution in [0.1, 0.15) is 24.1 Å². The Morgan fingerprint density at radius 2 is 1.07 bits per heavy atom. The van der Waals surface area contributed by atoms with Crippen molar-refractivity contribution in [3.05, 3.63) is 48.7 Å². The molecule has 0 atom stereocenters. The van der Waals surface area contributed by atoms with Gasteiger partial charge in [0.25, 0.3) is 12.6 Å². The Labute approximate surface area is 85.5 Å². The van der Waals surface area contributed by atoms with Crippen molar-refractivity contribution in [2.45, 2.75) is 12.6 Å². The second-order valence-corrected chi connectivity index (χ2v) is 2.99. The minimum absolute atomic E-state index is 0.506. The van der Waals surface area contributed by atoms with Crippen LogP contribution < -0.4 is 0 Å². The highest BCUT2D eigenvalue weighted by Gasteiger charge is 2.24. The van der Waals surface area contributed by atoms with Crippen LogP contribution in [-0.2, 0) is 18.9 Å². The van der Waals surface area contributed by atoms with Crippen LogP contribution in [0.2, 0.25) is 0 Å². The summed E-state index contributed by atoms with van der Waals surface area (Å²) in [4.78, 5) is 0. The molecule has 0 fully saturated rings. The maximum Gasteiger partial charge on any atom is 0.299 e. The molecule has 0 aliphatic carbocycles. The number of rotatable bonds is 2. The molecule has 78 valence electrons. The highest BCUT2D eigenvalue weighted by Crippen LogP contribution is 2.30. The maximum atomic E-state index is 5.47. The molecule has 3 rings (SSSR count). The molecular formula is C10H8O5. The number of hydrogen-bond acceptors (Lipinski definition) is 5. The largest absolute Gasteiger partial charge is 0.452 e. The Kier molecular flexibility index (Phi) is 1.81.